The Bertz CT molecular complexity index is 766. The summed E-state index contributed by atoms with van der Waals surface area (Å²) < 4.78 is 1.26. The Morgan fingerprint density at radius 1 is 1.23 bits per heavy atom. The zero-order valence-corrected chi connectivity index (χ0v) is 16.5. The van der Waals surface area contributed by atoms with Crippen molar-refractivity contribution in [2.75, 3.05) is 18.0 Å². The molecular formula is C21H29N3OS. The molecule has 2 aromatic rings. The van der Waals surface area contributed by atoms with Crippen molar-refractivity contribution in [2.24, 2.45) is 5.92 Å². The summed E-state index contributed by atoms with van der Waals surface area (Å²) >= 11 is 1.77. The van der Waals surface area contributed by atoms with Crippen molar-refractivity contribution in [3.8, 4) is 0 Å². The van der Waals surface area contributed by atoms with Gasteiger partial charge in [-0.1, -0.05) is 43.6 Å². The molecule has 0 unspecified atom stereocenters. The van der Waals surface area contributed by atoms with Gasteiger partial charge >= 0.3 is 0 Å². The van der Waals surface area contributed by atoms with E-state index in [1.807, 2.05) is 0 Å². The molecule has 1 aromatic carbocycles. The third-order valence-corrected chi connectivity index (χ3v) is 6.94. The van der Waals surface area contributed by atoms with Crippen molar-refractivity contribution in [1.82, 2.24) is 10.3 Å². The van der Waals surface area contributed by atoms with Gasteiger partial charge in [0, 0.05) is 19.1 Å². The second-order valence-corrected chi connectivity index (χ2v) is 8.79. The molecule has 1 aliphatic carbocycles. The van der Waals surface area contributed by atoms with Gasteiger partial charge in [-0.15, -0.1) is 0 Å². The van der Waals surface area contributed by atoms with Crippen LogP contribution < -0.4 is 10.2 Å². The third kappa shape index (κ3) is 3.88. The molecule has 4 rings (SSSR count). The number of nitrogens with one attached hydrogen (secondary N) is 1. The summed E-state index contributed by atoms with van der Waals surface area (Å²) in [6, 6.07) is 6.96. The highest BCUT2D eigenvalue weighted by molar-refractivity contribution is 7.22. The van der Waals surface area contributed by atoms with Gasteiger partial charge in [0.2, 0.25) is 5.91 Å². The number of anilines is 1. The SMILES string of the molecule is CCc1ccc2nc(N3CCC[C@H](C(=O)NC4CCCCC4)C3)sc2c1. The van der Waals surface area contributed by atoms with E-state index >= 15 is 0 Å². The number of thiazole rings is 1. The lowest BCUT2D eigenvalue weighted by Gasteiger charge is -2.33. The van der Waals surface area contributed by atoms with Crippen LogP contribution in [0.4, 0.5) is 5.13 Å². The fourth-order valence-corrected chi connectivity index (χ4v) is 5.31. The van der Waals surface area contributed by atoms with Crippen LogP contribution in [0.1, 0.15) is 57.4 Å². The summed E-state index contributed by atoms with van der Waals surface area (Å²) in [7, 11) is 0. The summed E-state index contributed by atoms with van der Waals surface area (Å²) in [5.41, 5.74) is 2.44. The lowest BCUT2D eigenvalue weighted by Crippen LogP contribution is -2.46. The largest absolute Gasteiger partial charge is 0.353 e. The topological polar surface area (TPSA) is 45.2 Å². The van der Waals surface area contributed by atoms with E-state index in [4.69, 9.17) is 4.98 Å². The zero-order valence-electron chi connectivity index (χ0n) is 15.7. The standard InChI is InChI=1S/C21H29N3OS/c1-2-15-10-11-18-19(13-15)26-21(23-18)24-12-6-7-16(14-24)20(25)22-17-8-4-3-5-9-17/h10-11,13,16-17H,2-9,12,14H2,1H3,(H,22,25)/t16-/m0/s1. The van der Waals surface area contributed by atoms with E-state index in [-0.39, 0.29) is 11.8 Å². The highest BCUT2D eigenvalue weighted by atomic mass is 32.1. The molecule has 4 nitrogen and oxygen atoms in total. The number of hydrogen-bond donors (Lipinski definition) is 1. The summed E-state index contributed by atoms with van der Waals surface area (Å²) in [6.45, 7) is 4.00. The van der Waals surface area contributed by atoms with Crippen molar-refractivity contribution >= 4 is 32.6 Å². The van der Waals surface area contributed by atoms with Crippen molar-refractivity contribution in [1.29, 1.82) is 0 Å². The maximum absolute atomic E-state index is 12.7. The van der Waals surface area contributed by atoms with Crippen LogP contribution in [0.3, 0.4) is 0 Å². The average molecular weight is 372 g/mol. The smallest absolute Gasteiger partial charge is 0.225 e. The van der Waals surface area contributed by atoms with E-state index < -0.39 is 0 Å². The maximum atomic E-state index is 12.7. The molecular weight excluding hydrogens is 342 g/mol. The molecule has 140 valence electrons. The Labute approximate surface area is 160 Å². The molecule has 1 atom stereocenters. The molecule has 1 amide bonds. The van der Waals surface area contributed by atoms with Gasteiger partial charge in [0.25, 0.3) is 0 Å². The fourth-order valence-electron chi connectivity index (χ4n) is 4.24. The quantitative estimate of drug-likeness (QED) is 0.859. The number of aryl methyl sites for hydroxylation is 1. The molecule has 2 aliphatic rings. The molecule has 1 aromatic heterocycles. The van der Waals surface area contributed by atoms with Crippen LogP contribution in [0.5, 0.6) is 0 Å². The van der Waals surface area contributed by atoms with Crippen molar-refractivity contribution < 1.29 is 4.79 Å². The summed E-state index contributed by atoms with van der Waals surface area (Å²) in [5, 5.41) is 4.39. The number of benzene rings is 1. The summed E-state index contributed by atoms with van der Waals surface area (Å²) in [6.07, 6.45) is 9.26. The van der Waals surface area contributed by atoms with Crippen LogP contribution >= 0.6 is 11.3 Å². The first-order chi connectivity index (χ1) is 12.7. The molecule has 2 fully saturated rings. The first-order valence-corrected chi connectivity index (χ1v) is 11.0. The predicted molar refractivity (Wildman–Crippen MR) is 109 cm³/mol. The van der Waals surface area contributed by atoms with E-state index in [9.17, 15) is 4.79 Å². The molecule has 26 heavy (non-hydrogen) atoms. The Morgan fingerprint density at radius 3 is 2.88 bits per heavy atom. The Balaban J connectivity index is 1.43. The van der Waals surface area contributed by atoms with Crippen molar-refractivity contribution in [3.63, 3.8) is 0 Å². The minimum atomic E-state index is 0.101. The maximum Gasteiger partial charge on any atom is 0.225 e. The van der Waals surface area contributed by atoms with Crippen LogP contribution in [0, 0.1) is 5.92 Å². The van der Waals surface area contributed by atoms with Crippen LogP contribution in [-0.2, 0) is 11.2 Å². The Morgan fingerprint density at radius 2 is 2.08 bits per heavy atom. The molecule has 1 aliphatic heterocycles. The molecule has 0 radical (unpaired) electrons. The molecule has 1 saturated heterocycles. The first-order valence-electron chi connectivity index (χ1n) is 10.2. The highest BCUT2D eigenvalue weighted by Gasteiger charge is 2.29. The first kappa shape index (κ1) is 17.8. The minimum absolute atomic E-state index is 0.101. The molecule has 5 heteroatoms. The van der Waals surface area contributed by atoms with Crippen molar-refractivity contribution in [3.05, 3.63) is 23.8 Å². The van der Waals surface area contributed by atoms with E-state index in [1.165, 1.54) is 29.5 Å². The number of hydrogen-bond acceptors (Lipinski definition) is 4. The fraction of sp³-hybridized carbons (Fsp3) is 0.619. The summed E-state index contributed by atoms with van der Waals surface area (Å²) in [5.74, 6) is 0.361. The Hall–Kier alpha value is -1.62. The highest BCUT2D eigenvalue weighted by Crippen LogP contribution is 2.32. The zero-order chi connectivity index (χ0) is 17.9. The molecule has 1 saturated carbocycles. The number of aromatic nitrogens is 1. The number of rotatable bonds is 4. The van der Waals surface area contributed by atoms with E-state index in [0.717, 1.165) is 55.8 Å². The van der Waals surface area contributed by atoms with E-state index in [1.54, 1.807) is 11.3 Å². The van der Waals surface area contributed by atoms with Gasteiger partial charge in [0.05, 0.1) is 16.1 Å². The van der Waals surface area contributed by atoms with Crippen LogP contribution in [0.25, 0.3) is 10.2 Å². The van der Waals surface area contributed by atoms with Gasteiger partial charge in [-0.25, -0.2) is 4.98 Å². The van der Waals surface area contributed by atoms with E-state index in [0.29, 0.717) is 6.04 Å². The number of carbonyl (C=O) groups is 1. The Kier molecular flexibility index (Phi) is 5.44. The second kappa shape index (κ2) is 7.95. The van der Waals surface area contributed by atoms with Crippen LogP contribution in [0.15, 0.2) is 18.2 Å². The van der Waals surface area contributed by atoms with Gasteiger partial charge in [-0.3, -0.25) is 4.79 Å². The number of carbonyl (C=O) groups excluding carboxylic acids is 1. The predicted octanol–water partition coefficient (Wildman–Crippen LogP) is 4.52. The number of amides is 1. The van der Waals surface area contributed by atoms with Crippen LogP contribution in [-0.4, -0.2) is 30.0 Å². The van der Waals surface area contributed by atoms with Gasteiger partial charge in [0.1, 0.15) is 0 Å². The monoisotopic (exact) mass is 371 g/mol. The second-order valence-electron chi connectivity index (χ2n) is 7.78. The lowest BCUT2D eigenvalue weighted by molar-refractivity contribution is -0.126. The van der Waals surface area contributed by atoms with Crippen molar-refractivity contribution in [2.45, 2.75) is 64.3 Å². The third-order valence-electron chi connectivity index (χ3n) is 5.86. The normalized spacial score (nSPS) is 21.9. The van der Waals surface area contributed by atoms with Gasteiger partial charge in [-0.2, -0.15) is 0 Å². The number of nitrogens with zero attached hydrogens (tertiary/aromatic N) is 2. The molecule has 0 bridgehead atoms. The van der Waals surface area contributed by atoms with Gasteiger partial charge in [0.15, 0.2) is 5.13 Å². The molecule has 1 N–H and O–H groups in total. The summed E-state index contributed by atoms with van der Waals surface area (Å²) in [4.78, 5) is 19.9. The van der Waals surface area contributed by atoms with Gasteiger partial charge in [-0.05, 0) is 49.8 Å². The minimum Gasteiger partial charge on any atom is -0.353 e. The molecule has 0 spiro atoms. The van der Waals surface area contributed by atoms with E-state index in [2.05, 4.69) is 35.3 Å². The average Bonchev–Trinajstić information content (AvgIpc) is 3.12. The number of fused-ring (bicyclic) bond motifs is 1. The molecule has 2 heterocycles. The van der Waals surface area contributed by atoms with Gasteiger partial charge < -0.3 is 10.2 Å². The van der Waals surface area contributed by atoms with Crippen LogP contribution in [0.2, 0.25) is 0 Å². The number of piperidine rings is 1. The lowest BCUT2D eigenvalue weighted by atomic mass is 9.93.